The van der Waals surface area contributed by atoms with E-state index in [1.165, 1.54) is 0 Å². The summed E-state index contributed by atoms with van der Waals surface area (Å²) in [5, 5.41) is 12.4. The molecule has 0 amide bonds. The van der Waals surface area contributed by atoms with Gasteiger partial charge in [-0.2, -0.15) is 0 Å². The summed E-state index contributed by atoms with van der Waals surface area (Å²) in [6, 6.07) is 11.8. The van der Waals surface area contributed by atoms with Gasteiger partial charge in [-0.15, -0.1) is 0 Å². The van der Waals surface area contributed by atoms with E-state index < -0.39 is 0 Å². The van der Waals surface area contributed by atoms with E-state index in [1.807, 2.05) is 24.3 Å². The van der Waals surface area contributed by atoms with Crippen molar-refractivity contribution in [2.75, 3.05) is 26.3 Å². The number of thiocarbonyl (C=S) groups is 1. The molecule has 3 nitrogen and oxygen atoms in total. The molecule has 0 unspecified atom stereocenters. The lowest BCUT2D eigenvalue weighted by Gasteiger charge is -2.28. The molecule has 2 aromatic carbocycles. The van der Waals surface area contributed by atoms with Crippen molar-refractivity contribution < 1.29 is 9.84 Å². The lowest BCUT2D eigenvalue weighted by Crippen LogP contribution is -2.38. The lowest BCUT2D eigenvalue weighted by atomic mass is 10.0. The molecule has 1 N–H and O–H groups in total. The Kier molecular flexibility index (Phi) is 4.63. The van der Waals surface area contributed by atoms with E-state index >= 15 is 0 Å². The van der Waals surface area contributed by atoms with Gasteiger partial charge in [-0.25, -0.2) is 0 Å². The Morgan fingerprint density at radius 3 is 2.76 bits per heavy atom. The van der Waals surface area contributed by atoms with E-state index in [9.17, 15) is 5.11 Å². The fraction of sp³-hybridized carbons (Fsp3) is 0.312. The van der Waals surface area contributed by atoms with Crippen LogP contribution in [0.4, 0.5) is 0 Å². The predicted molar refractivity (Wildman–Crippen MR) is 91.9 cm³/mol. The van der Waals surface area contributed by atoms with Crippen molar-refractivity contribution in [2.45, 2.75) is 5.75 Å². The molecule has 2 aromatic rings. The van der Waals surface area contributed by atoms with Gasteiger partial charge in [-0.1, -0.05) is 54.3 Å². The van der Waals surface area contributed by atoms with Gasteiger partial charge < -0.3 is 14.7 Å². The Labute approximate surface area is 133 Å². The minimum atomic E-state index is 0.339. The van der Waals surface area contributed by atoms with Gasteiger partial charge in [0.25, 0.3) is 0 Å². The van der Waals surface area contributed by atoms with Gasteiger partial charge in [0, 0.05) is 24.4 Å². The molecule has 1 fully saturated rings. The first-order valence-electron chi connectivity index (χ1n) is 6.95. The third kappa shape index (κ3) is 3.31. The molecule has 5 heteroatoms. The number of hydrogen-bond donors (Lipinski definition) is 1. The van der Waals surface area contributed by atoms with Gasteiger partial charge in [-0.3, -0.25) is 0 Å². The summed E-state index contributed by atoms with van der Waals surface area (Å²) in [6.07, 6.45) is 0. The minimum absolute atomic E-state index is 0.339. The number of rotatable bonds is 2. The van der Waals surface area contributed by atoms with E-state index in [-0.39, 0.29) is 0 Å². The first-order valence-corrected chi connectivity index (χ1v) is 8.34. The Morgan fingerprint density at radius 2 is 1.95 bits per heavy atom. The largest absolute Gasteiger partial charge is 0.508 e. The van der Waals surface area contributed by atoms with Gasteiger partial charge in [0.15, 0.2) is 0 Å². The van der Waals surface area contributed by atoms with Crippen LogP contribution in [0.15, 0.2) is 36.4 Å². The molecular weight excluding hydrogens is 302 g/mol. The van der Waals surface area contributed by atoms with Crippen molar-refractivity contribution in [3.8, 4) is 5.75 Å². The highest BCUT2D eigenvalue weighted by atomic mass is 32.2. The molecule has 0 aliphatic carbocycles. The SMILES string of the molecule is Oc1ccc2ccccc2c1CSC(=S)N1CCOCC1. The standard InChI is InChI=1S/C16H17NO2S2/c18-15-6-5-12-3-1-2-4-13(12)14(15)11-21-16(20)17-7-9-19-10-8-17/h1-6,18H,7-11H2. The molecular formula is C16H17NO2S2. The highest BCUT2D eigenvalue weighted by Gasteiger charge is 2.15. The number of phenolic OH excluding ortho intramolecular Hbond substituents is 1. The third-order valence-electron chi connectivity index (χ3n) is 3.63. The molecule has 1 aliphatic rings. The van der Waals surface area contributed by atoms with Crippen LogP contribution in [0, 0.1) is 0 Å². The van der Waals surface area contributed by atoms with Crippen LogP contribution in [0.2, 0.25) is 0 Å². The predicted octanol–water partition coefficient (Wildman–Crippen LogP) is 3.40. The molecule has 0 radical (unpaired) electrons. The summed E-state index contributed by atoms with van der Waals surface area (Å²) in [7, 11) is 0. The second kappa shape index (κ2) is 6.64. The number of hydrogen-bond acceptors (Lipinski definition) is 4. The van der Waals surface area contributed by atoms with Crippen LogP contribution >= 0.6 is 24.0 Å². The number of fused-ring (bicyclic) bond motifs is 1. The average Bonchev–Trinajstić information content (AvgIpc) is 2.54. The number of benzene rings is 2. The number of aromatic hydroxyl groups is 1. The average molecular weight is 319 g/mol. The Morgan fingerprint density at radius 1 is 1.19 bits per heavy atom. The summed E-state index contributed by atoms with van der Waals surface area (Å²) in [5.74, 6) is 1.02. The molecule has 21 heavy (non-hydrogen) atoms. The fourth-order valence-corrected chi connectivity index (χ4v) is 3.74. The minimum Gasteiger partial charge on any atom is -0.508 e. The van der Waals surface area contributed by atoms with Crippen molar-refractivity contribution in [1.82, 2.24) is 4.90 Å². The zero-order valence-corrected chi connectivity index (χ0v) is 13.3. The quantitative estimate of drug-likeness (QED) is 0.858. The summed E-state index contributed by atoms with van der Waals surface area (Å²) >= 11 is 7.10. The molecule has 0 bridgehead atoms. The van der Waals surface area contributed by atoms with Crippen molar-refractivity contribution in [2.24, 2.45) is 0 Å². The number of morpholine rings is 1. The van der Waals surface area contributed by atoms with Crippen LogP contribution in [0.3, 0.4) is 0 Å². The number of ether oxygens (including phenoxy) is 1. The fourth-order valence-electron chi connectivity index (χ4n) is 2.45. The zero-order chi connectivity index (χ0) is 14.7. The molecule has 0 spiro atoms. The summed E-state index contributed by atoms with van der Waals surface area (Å²) in [6.45, 7) is 3.18. The monoisotopic (exact) mass is 319 g/mol. The highest BCUT2D eigenvalue weighted by molar-refractivity contribution is 8.22. The zero-order valence-electron chi connectivity index (χ0n) is 11.6. The molecule has 1 aliphatic heterocycles. The van der Waals surface area contributed by atoms with Crippen molar-refractivity contribution in [3.63, 3.8) is 0 Å². The summed E-state index contributed by atoms with van der Waals surface area (Å²) in [5.41, 5.74) is 0.953. The Hall–Kier alpha value is -1.30. The smallest absolute Gasteiger partial charge is 0.136 e. The van der Waals surface area contributed by atoms with Gasteiger partial charge in [-0.05, 0) is 16.8 Å². The maximum absolute atomic E-state index is 10.1. The summed E-state index contributed by atoms with van der Waals surface area (Å²) in [4.78, 5) is 2.17. The van der Waals surface area contributed by atoms with Crippen molar-refractivity contribution >= 4 is 39.1 Å². The third-order valence-corrected chi connectivity index (χ3v) is 5.18. The van der Waals surface area contributed by atoms with Crippen LogP contribution in [0.1, 0.15) is 5.56 Å². The van der Waals surface area contributed by atoms with Crippen LogP contribution in [0.25, 0.3) is 10.8 Å². The summed E-state index contributed by atoms with van der Waals surface area (Å²) < 4.78 is 6.22. The van der Waals surface area contributed by atoms with Crippen LogP contribution in [-0.2, 0) is 10.5 Å². The lowest BCUT2D eigenvalue weighted by molar-refractivity contribution is 0.0702. The number of thioether (sulfide) groups is 1. The van der Waals surface area contributed by atoms with Gasteiger partial charge in [0.1, 0.15) is 10.1 Å². The maximum atomic E-state index is 10.1. The Bertz CT molecular complexity index is 654. The molecule has 0 saturated carbocycles. The normalized spacial score (nSPS) is 15.3. The van der Waals surface area contributed by atoms with E-state index in [4.69, 9.17) is 17.0 Å². The topological polar surface area (TPSA) is 32.7 Å². The van der Waals surface area contributed by atoms with Crippen molar-refractivity contribution in [1.29, 1.82) is 0 Å². The van der Waals surface area contributed by atoms with E-state index in [1.54, 1.807) is 17.8 Å². The van der Waals surface area contributed by atoms with E-state index in [0.29, 0.717) is 11.5 Å². The molecule has 0 atom stereocenters. The van der Waals surface area contributed by atoms with Gasteiger partial charge >= 0.3 is 0 Å². The second-order valence-corrected chi connectivity index (χ2v) is 6.55. The van der Waals surface area contributed by atoms with E-state index in [2.05, 4.69) is 11.0 Å². The first-order chi connectivity index (χ1) is 10.3. The van der Waals surface area contributed by atoms with E-state index in [0.717, 1.165) is 47.0 Å². The second-order valence-electron chi connectivity index (χ2n) is 4.94. The van der Waals surface area contributed by atoms with Crippen LogP contribution in [-0.4, -0.2) is 40.6 Å². The van der Waals surface area contributed by atoms with Crippen molar-refractivity contribution in [3.05, 3.63) is 42.0 Å². The van der Waals surface area contributed by atoms with Gasteiger partial charge in [0.2, 0.25) is 0 Å². The molecule has 1 saturated heterocycles. The molecule has 110 valence electrons. The molecule has 1 heterocycles. The van der Waals surface area contributed by atoms with Crippen LogP contribution < -0.4 is 0 Å². The molecule has 0 aromatic heterocycles. The number of nitrogens with zero attached hydrogens (tertiary/aromatic N) is 1. The number of phenols is 1. The van der Waals surface area contributed by atoms with Crippen LogP contribution in [0.5, 0.6) is 5.75 Å². The Balaban J connectivity index is 1.75. The first kappa shape index (κ1) is 14.6. The maximum Gasteiger partial charge on any atom is 0.136 e. The van der Waals surface area contributed by atoms with Gasteiger partial charge in [0.05, 0.1) is 13.2 Å². The molecule has 3 rings (SSSR count). The highest BCUT2D eigenvalue weighted by Crippen LogP contribution is 2.31.